The van der Waals surface area contributed by atoms with Crippen molar-refractivity contribution in [3.05, 3.63) is 76.0 Å². The van der Waals surface area contributed by atoms with Crippen LogP contribution in [0, 0.1) is 0 Å². The molecule has 0 bridgehead atoms. The summed E-state index contributed by atoms with van der Waals surface area (Å²) in [7, 11) is 0. The number of aromatic nitrogens is 3. The highest BCUT2D eigenvalue weighted by molar-refractivity contribution is 6.34. The first-order chi connectivity index (χ1) is 14.7. The van der Waals surface area contributed by atoms with Crippen molar-refractivity contribution in [3.8, 4) is 17.0 Å². The van der Waals surface area contributed by atoms with E-state index in [0.717, 1.165) is 6.20 Å². The molecule has 0 radical (unpaired) electrons. The Balaban J connectivity index is 1.87. The van der Waals surface area contributed by atoms with Crippen LogP contribution in [0.4, 0.5) is 23.2 Å². The van der Waals surface area contributed by atoms with Crippen LogP contribution < -0.4 is 5.73 Å². The first-order valence-electron chi connectivity index (χ1n) is 8.75. The van der Waals surface area contributed by atoms with Crippen molar-refractivity contribution in [1.82, 2.24) is 14.9 Å². The lowest BCUT2D eigenvalue weighted by molar-refractivity contribution is -0.142. The zero-order valence-electron chi connectivity index (χ0n) is 15.4. The van der Waals surface area contributed by atoms with Gasteiger partial charge in [0.25, 0.3) is 0 Å². The van der Waals surface area contributed by atoms with Gasteiger partial charge in [0.1, 0.15) is 17.2 Å². The van der Waals surface area contributed by atoms with Crippen molar-refractivity contribution in [3.63, 3.8) is 0 Å². The standard InChI is InChI=1S/C20H12Cl2F4N4O/c21-10-3-1-5-12(7-10)30-19(20(24,25)26)14(9-28-30)18-16(27)17(29-31-18)13-8-11(23)4-2-6-15(13)22/h1-7,9H,8,27H2. The molecule has 2 N–H and O–H groups in total. The number of hydrogen-bond acceptors (Lipinski definition) is 4. The van der Waals surface area contributed by atoms with E-state index in [1.165, 1.54) is 42.5 Å². The Labute approximate surface area is 183 Å². The van der Waals surface area contributed by atoms with Gasteiger partial charge in [-0.05, 0) is 30.4 Å². The summed E-state index contributed by atoms with van der Waals surface area (Å²) in [6.07, 6.45) is -0.0499. The van der Waals surface area contributed by atoms with Crippen molar-refractivity contribution in [2.24, 2.45) is 0 Å². The molecule has 0 saturated heterocycles. The number of rotatable bonds is 3. The van der Waals surface area contributed by atoms with Crippen molar-refractivity contribution in [1.29, 1.82) is 0 Å². The van der Waals surface area contributed by atoms with Crippen LogP contribution >= 0.6 is 23.2 Å². The molecule has 0 unspecified atom stereocenters. The van der Waals surface area contributed by atoms with Gasteiger partial charge in [-0.3, -0.25) is 0 Å². The van der Waals surface area contributed by atoms with Gasteiger partial charge in [0.2, 0.25) is 0 Å². The van der Waals surface area contributed by atoms with E-state index in [4.69, 9.17) is 33.5 Å². The van der Waals surface area contributed by atoms with Gasteiger partial charge in [-0.1, -0.05) is 40.5 Å². The van der Waals surface area contributed by atoms with Gasteiger partial charge in [-0.15, -0.1) is 0 Å². The lowest BCUT2D eigenvalue weighted by Crippen LogP contribution is -2.14. The fourth-order valence-corrected chi connectivity index (χ4v) is 3.56. The molecule has 160 valence electrons. The van der Waals surface area contributed by atoms with E-state index in [1.54, 1.807) is 0 Å². The molecule has 0 aliphatic heterocycles. The molecule has 1 aromatic carbocycles. The van der Waals surface area contributed by atoms with Gasteiger partial charge in [-0.2, -0.15) is 18.3 Å². The molecule has 1 aliphatic rings. The lowest BCUT2D eigenvalue weighted by atomic mass is 10.0. The number of nitrogens with two attached hydrogens (primary N) is 1. The molecule has 2 heterocycles. The monoisotopic (exact) mass is 470 g/mol. The topological polar surface area (TPSA) is 69.9 Å². The molecule has 11 heteroatoms. The Morgan fingerprint density at radius 2 is 1.97 bits per heavy atom. The average Bonchev–Trinajstić information content (AvgIpc) is 3.25. The van der Waals surface area contributed by atoms with E-state index < -0.39 is 23.3 Å². The zero-order chi connectivity index (χ0) is 22.3. The second-order valence-electron chi connectivity index (χ2n) is 6.55. The van der Waals surface area contributed by atoms with Gasteiger partial charge >= 0.3 is 6.18 Å². The Kier molecular flexibility index (Phi) is 5.40. The fraction of sp³-hybridized carbons (Fsp3) is 0.100. The van der Waals surface area contributed by atoms with Gasteiger partial charge in [0.05, 0.1) is 17.4 Å². The van der Waals surface area contributed by atoms with Crippen molar-refractivity contribution >= 4 is 34.5 Å². The molecule has 0 saturated carbocycles. The minimum atomic E-state index is -4.82. The maximum atomic E-state index is 14.0. The minimum Gasteiger partial charge on any atom is -0.394 e. The Morgan fingerprint density at radius 1 is 1.19 bits per heavy atom. The highest BCUT2D eigenvalue weighted by Gasteiger charge is 2.41. The highest BCUT2D eigenvalue weighted by atomic mass is 35.5. The van der Waals surface area contributed by atoms with Crippen LogP contribution in [0.3, 0.4) is 0 Å². The summed E-state index contributed by atoms with van der Waals surface area (Å²) in [6.45, 7) is 0. The molecule has 0 spiro atoms. The molecule has 0 fully saturated rings. The van der Waals surface area contributed by atoms with Gasteiger partial charge in [-0.25, -0.2) is 9.07 Å². The molecular weight excluding hydrogens is 459 g/mol. The van der Waals surface area contributed by atoms with E-state index >= 15 is 0 Å². The van der Waals surface area contributed by atoms with Crippen molar-refractivity contribution < 1.29 is 22.1 Å². The third-order valence-electron chi connectivity index (χ3n) is 4.50. The van der Waals surface area contributed by atoms with Crippen LogP contribution in [0.15, 0.2) is 64.1 Å². The summed E-state index contributed by atoms with van der Waals surface area (Å²) in [5, 5.41) is 8.00. The summed E-state index contributed by atoms with van der Waals surface area (Å²) < 4.78 is 61.7. The minimum absolute atomic E-state index is 0.0428. The van der Waals surface area contributed by atoms with E-state index in [9.17, 15) is 17.6 Å². The predicted octanol–water partition coefficient (Wildman–Crippen LogP) is 6.54. The first-order valence-corrected chi connectivity index (χ1v) is 9.51. The smallest absolute Gasteiger partial charge is 0.394 e. The molecule has 1 aliphatic carbocycles. The number of allylic oxidation sites excluding steroid dienone is 6. The first kappa shape index (κ1) is 21.2. The summed E-state index contributed by atoms with van der Waals surface area (Å²) in [6, 6.07) is 5.77. The number of hydrogen-bond donors (Lipinski definition) is 1. The van der Waals surface area contributed by atoms with Crippen LogP contribution in [0.5, 0.6) is 0 Å². The van der Waals surface area contributed by atoms with E-state index in [-0.39, 0.29) is 44.9 Å². The predicted molar refractivity (Wildman–Crippen MR) is 109 cm³/mol. The van der Waals surface area contributed by atoms with Crippen LogP contribution in [-0.4, -0.2) is 14.9 Å². The van der Waals surface area contributed by atoms with E-state index in [2.05, 4.69) is 10.3 Å². The van der Waals surface area contributed by atoms with Gasteiger partial charge < -0.3 is 10.3 Å². The second-order valence-corrected chi connectivity index (χ2v) is 7.39. The SMILES string of the molecule is Nc1c(C2=C(Cl)C=CC=C(F)C2)noc1-c1cnn(-c2cccc(Cl)c2)c1C(F)(F)F. The maximum absolute atomic E-state index is 14.0. The molecular formula is C20H12Cl2F4N4O. The lowest BCUT2D eigenvalue weighted by Gasteiger charge is -2.12. The number of anilines is 1. The molecule has 4 rings (SSSR count). The van der Waals surface area contributed by atoms with Crippen LogP contribution in [0.1, 0.15) is 17.8 Å². The van der Waals surface area contributed by atoms with Crippen molar-refractivity contribution in [2.45, 2.75) is 12.6 Å². The number of alkyl halides is 3. The van der Waals surface area contributed by atoms with Crippen LogP contribution in [0.2, 0.25) is 5.02 Å². The molecule has 2 aromatic heterocycles. The number of nitrogens with zero attached hydrogens (tertiary/aromatic N) is 3. The Hall–Kier alpha value is -3.04. The van der Waals surface area contributed by atoms with E-state index in [0.29, 0.717) is 4.68 Å². The number of nitrogen functional groups attached to an aromatic ring is 1. The highest BCUT2D eigenvalue weighted by Crippen LogP contribution is 2.43. The number of benzene rings is 1. The quantitative estimate of drug-likeness (QED) is 0.440. The maximum Gasteiger partial charge on any atom is 0.434 e. The fourth-order valence-electron chi connectivity index (χ4n) is 3.15. The molecule has 0 amide bonds. The van der Waals surface area contributed by atoms with Gasteiger partial charge in [0, 0.05) is 22.0 Å². The van der Waals surface area contributed by atoms with E-state index in [1.807, 2.05) is 0 Å². The normalized spacial score (nSPS) is 14.7. The molecule has 31 heavy (non-hydrogen) atoms. The van der Waals surface area contributed by atoms with Gasteiger partial charge in [0.15, 0.2) is 11.5 Å². The number of halogens is 6. The largest absolute Gasteiger partial charge is 0.434 e. The average molecular weight is 471 g/mol. The Bertz CT molecular complexity index is 1250. The second kappa shape index (κ2) is 7.90. The summed E-state index contributed by atoms with van der Waals surface area (Å²) in [5.74, 6) is -0.874. The van der Waals surface area contributed by atoms with Crippen molar-refractivity contribution in [2.75, 3.05) is 5.73 Å². The summed E-state index contributed by atoms with van der Waals surface area (Å²) in [5.41, 5.74) is 4.53. The third kappa shape index (κ3) is 3.98. The molecule has 0 atom stereocenters. The molecule has 3 aromatic rings. The van der Waals surface area contributed by atoms with Crippen LogP contribution in [0.25, 0.3) is 22.6 Å². The zero-order valence-corrected chi connectivity index (χ0v) is 16.9. The summed E-state index contributed by atoms with van der Waals surface area (Å²) >= 11 is 12.1. The Morgan fingerprint density at radius 3 is 2.68 bits per heavy atom. The summed E-state index contributed by atoms with van der Waals surface area (Å²) in [4.78, 5) is 0. The van der Waals surface area contributed by atoms with Crippen LogP contribution in [-0.2, 0) is 6.18 Å². The molecule has 5 nitrogen and oxygen atoms in total. The third-order valence-corrected chi connectivity index (χ3v) is 5.09.